The van der Waals surface area contributed by atoms with Crippen LogP contribution in [0.4, 0.5) is 15.3 Å². The number of aromatic nitrogens is 4. The zero-order valence-corrected chi connectivity index (χ0v) is 25.5. The maximum absolute atomic E-state index is 13.5. The van der Waals surface area contributed by atoms with E-state index in [4.69, 9.17) is 19.8 Å². The van der Waals surface area contributed by atoms with Crippen molar-refractivity contribution in [2.45, 2.75) is 45.2 Å². The Bertz CT molecular complexity index is 1700. The molecular weight excluding hydrogens is 576 g/mol. The molecule has 3 aromatic heterocycles. The van der Waals surface area contributed by atoms with Crippen LogP contribution in [0.25, 0.3) is 16.2 Å². The fraction of sp³-hybridized carbons (Fsp3) is 0.414. The molecule has 13 heteroatoms. The van der Waals surface area contributed by atoms with Crippen LogP contribution in [0, 0.1) is 17.1 Å². The number of thiazole rings is 1. The van der Waals surface area contributed by atoms with Crippen LogP contribution >= 0.6 is 22.7 Å². The molecule has 0 spiro atoms. The van der Waals surface area contributed by atoms with Gasteiger partial charge in [-0.3, -0.25) is 9.69 Å². The van der Waals surface area contributed by atoms with Crippen LogP contribution in [0.3, 0.4) is 0 Å². The number of benzene rings is 1. The van der Waals surface area contributed by atoms with Crippen molar-refractivity contribution in [1.29, 1.82) is 5.26 Å². The molecule has 0 radical (unpaired) electrons. The lowest BCUT2D eigenvalue weighted by Gasteiger charge is -2.31. The average Bonchev–Trinajstić information content (AvgIpc) is 3.78. The van der Waals surface area contributed by atoms with Gasteiger partial charge < -0.3 is 14.5 Å². The molecule has 1 saturated heterocycles. The molecule has 2 unspecified atom stereocenters. The first kappa shape index (κ1) is 28.3. The number of esters is 1. The van der Waals surface area contributed by atoms with Gasteiger partial charge in [-0.05, 0) is 57.5 Å². The number of anilines is 2. The molecule has 1 aromatic carbocycles. The summed E-state index contributed by atoms with van der Waals surface area (Å²) >= 11 is 2.87. The van der Waals surface area contributed by atoms with Gasteiger partial charge in [-0.25, -0.2) is 14.4 Å². The van der Waals surface area contributed by atoms with Gasteiger partial charge in [0.25, 0.3) is 0 Å². The maximum atomic E-state index is 13.5. The zero-order valence-electron chi connectivity index (χ0n) is 23.9. The fourth-order valence-electron chi connectivity index (χ4n) is 5.81. The number of allylic oxidation sites excluding steroid dienone is 1. The number of fused-ring (bicyclic) bond motifs is 2. The number of carbonyl (C=O) groups is 1. The summed E-state index contributed by atoms with van der Waals surface area (Å²) in [5.74, 6) is 0.358. The fourth-order valence-corrected chi connectivity index (χ4v) is 7.70. The van der Waals surface area contributed by atoms with E-state index < -0.39 is 0 Å². The third-order valence-electron chi connectivity index (χ3n) is 7.75. The van der Waals surface area contributed by atoms with Crippen molar-refractivity contribution in [3.8, 4) is 17.3 Å². The number of likely N-dealkylation sites (N-methyl/N-ethyl adjacent to an activating group) is 1. The minimum atomic E-state index is -0.339. The number of rotatable bonds is 9. The number of hydrogen-bond acceptors (Lipinski definition) is 11. The molecule has 2 aliphatic heterocycles. The molecule has 1 fully saturated rings. The lowest BCUT2D eigenvalue weighted by molar-refractivity contribution is -0.145. The number of ether oxygens (including phenoxy) is 1. The molecule has 0 amide bonds. The monoisotopic (exact) mass is 606 g/mol. The smallest absolute Gasteiger partial charge is 0.320 e. The summed E-state index contributed by atoms with van der Waals surface area (Å²) in [6.07, 6.45) is 4.86. The molecular formula is C29H31FN8O2S2. The highest BCUT2D eigenvalue weighted by atomic mass is 32.1. The molecule has 2 atom stereocenters. The van der Waals surface area contributed by atoms with Gasteiger partial charge in [0, 0.05) is 24.9 Å². The van der Waals surface area contributed by atoms with Crippen LogP contribution in [-0.4, -0.2) is 75.3 Å². The molecule has 6 rings (SSSR count). The van der Waals surface area contributed by atoms with Crippen LogP contribution in [0.1, 0.15) is 48.2 Å². The predicted molar refractivity (Wildman–Crippen MR) is 160 cm³/mol. The van der Waals surface area contributed by atoms with E-state index in [9.17, 15) is 14.4 Å². The number of nitriles is 1. The summed E-state index contributed by atoms with van der Waals surface area (Å²) in [4.78, 5) is 29.6. The van der Waals surface area contributed by atoms with E-state index in [0.717, 1.165) is 40.9 Å². The third kappa shape index (κ3) is 4.93. The van der Waals surface area contributed by atoms with E-state index >= 15 is 0 Å². The van der Waals surface area contributed by atoms with Crippen molar-refractivity contribution in [3.05, 3.63) is 57.4 Å². The minimum absolute atomic E-state index is 0.0855. The Morgan fingerprint density at radius 1 is 1.21 bits per heavy atom. The molecule has 42 heavy (non-hydrogen) atoms. The van der Waals surface area contributed by atoms with Crippen LogP contribution in [0.15, 0.2) is 36.0 Å². The van der Waals surface area contributed by atoms with E-state index in [1.165, 1.54) is 29.2 Å². The topological polar surface area (TPSA) is 103 Å². The average molecular weight is 607 g/mol. The largest absolute Gasteiger partial charge is 0.465 e. The Hall–Kier alpha value is -3.86. The lowest BCUT2D eigenvalue weighted by atomic mass is 10.1. The molecule has 10 nitrogen and oxygen atoms in total. The standard InChI is InChI=1S/C29H31FN8O2S2/c1-5-20-27(36(4)28-33-25(22(15-31)41-28)17-9-11-18(30)12-10-17)38-29(32-20)42-26(34-38)19-14-23(37-13-7-8-21(19)37)35(3)16-24(39)40-6-2/h8-12,19,23H,5-7,13-14,16H2,1-4H3. The number of nitrogens with zero attached hydrogens (tertiary/aromatic N) is 8. The van der Waals surface area contributed by atoms with Gasteiger partial charge in [0.15, 0.2) is 10.9 Å². The summed E-state index contributed by atoms with van der Waals surface area (Å²) in [6.45, 7) is 5.40. The van der Waals surface area contributed by atoms with Crippen molar-refractivity contribution in [2.75, 3.05) is 38.7 Å². The van der Waals surface area contributed by atoms with Gasteiger partial charge >= 0.3 is 5.97 Å². The van der Waals surface area contributed by atoms with Crippen LogP contribution in [0.5, 0.6) is 0 Å². The van der Waals surface area contributed by atoms with Gasteiger partial charge in [0.05, 0.1) is 30.9 Å². The second-order valence-corrected chi connectivity index (χ2v) is 12.3. The Kier molecular flexibility index (Phi) is 7.69. The Morgan fingerprint density at radius 3 is 2.71 bits per heavy atom. The van der Waals surface area contributed by atoms with Gasteiger partial charge in [-0.2, -0.15) is 14.9 Å². The summed E-state index contributed by atoms with van der Waals surface area (Å²) in [5.41, 5.74) is 3.35. The Morgan fingerprint density at radius 2 is 2.00 bits per heavy atom. The van der Waals surface area contributed by atoms with Crippen molar-refractivity contribution in [1.82, 2.24) is 29.4 Å². The second kappa shape index (κ2) is 11.4. The number of aryl methyl sites for hydroxylation is 1. The predicted octanol–water partition coefficient (Wildman–Crippen LogP) is 5.15. The van der Waals surface area contributed by atoms with E-state index in [1.54, 1.807) is 23.5 Å². The molecule has 0 aliphatic carbocycles. The van der Waals surface area contributed by atoms with Gasteiger partial charge in [-0.1, -0.05) is 35.7 Å². The van der Waals surface area contributed by atoms with E-state index in [-0.39, 0.29) is 30.4 Å². The highest BCUT2D eigenvalue weighted by Crippen LogP contribution is 2.46. The van der Waals surface area contributed by atoms with Crippen LogP contribution in [-0.2, 0) is 16.0 Å². The van der Waals surface area contributed by atoms with Crippen molar-refractivity contribution in [2.24, 2.45) is 0 Å². The third-order valence-corrected chi connectivity index (χ3v) is 9.81. The van der Waals surface area contributed by atoms with Crippen molar-refractivity contribution in [3.63, 3.8) is 0 Å². The SMILES string of the molecule is CCOC(=O)CN(C)C1CC(c2nn3c(N(C)c4nc(-c5ccc(F)cc5)c(C#N)s4)c(CC)nc3s2)C2=CCCN21. The van der Waals surface area contributed by atoms with E-state index in [0.29, 0.717) is 34.3 Å². The summed E-state index contributed by atoms with van der Waals surface area (Å²) in [6, 6.07) is 8.26. The summed E-state index contributed by atoms with van der Waals surface area (Å²) in [5, 5.41) is 16.5. The zero-order chi connectivity index (χ0) is 29.5. The van der Waals surface area contributed by atoms with Crippen LogP contribution < -0.4 is 4.90 Å². The van der Waals surface area contributed by atoms with E-state index in [1.807, 2.05) is 30.4 Å². The molecule has 0 saturated carbocycles. The number of hydrogen-bond donors (Lipinski definition) is 0. The molecule has 0 N–H and O–H groups in total. The molecule has 5 heterocycles. The number of carbonyl (C=O) groups excluding carboxylic acids is 1. The number of imidazole rings is 1. The van der Waals surface area contributed by atoms with Gasteiger partial charge in [0.1, 0.15) is 27.5 Å². The minimum Gasteiger partial charge on any atom is -0.465 e. The first-order valence-corrected chi connectivity index (χ1v) is 15.6. The van der Waals surface area contributed by atoms with Gasteiger partial charge in [-0.15, -0.1) is 0 Å². The Labute approximate surface area is 251 Å². The normalized spacial score (nSPS) is 18.0. The molecule has 0 bridgehead atoms. The van der Waals surface area contributed by atoms with Crippen LogP contribution in [0.2, 0.25) is 0 Å². The lowest BCUT2D eigenvalue weighted by Crippen LogP contribution is -2.43. The quantitative estimate of drug-likeness (QED) is 0.239. The maximum Gasteiger partial charge on any atom is 0.320 e. The van der Waals surface area contributed by atoms with Gasteiger partial charge in [0.2, 0.25) is 4.96 Å². The first-order valence-electron chi connectivity index (χ1n) is 13.9. The van der Waals surface area contributed by atoms with Crippen molar-refractivity contribution >= 4 is 44.6 Å². The molecule has 2 aliphatic rings. The summed E-state index contributed by atoms with van der Waals surface area (Å²) in [7, 11) is 3.88. The second-order valence-electron chi connectivity index (χ2n) is 10.3. The highest BCUT2D eigenvalue weighted by molar-refractivity contribution is 7.17. The Balaban J connectivity index is 1.32. The summed E-state index contributed by atoms with van der Waals surface area (Å²) < 4.78 is 20.6. The first-order chi connectivity index (χ1) is 20.3. The highest BCUT2D eigenvalue weighted by Gasteiger charge is 2.43. The number of halogens is 1. The molecule has 218 valence electrons. The van der Waals surface area contributed by atoms with E-state index in [2.05, 4.69) is 28.9 Å². The molecule has 4 aromatic rings. The van der Waals surface area contributed by atoms with Crippen molar-refractivity contribution < 1.29 is 13.9 Å².